The van der Waals surface area contributed by atoms with Crippen molar-refractivity contribution in [1.82, 2.24) is 9.88 Å². The van der Waals surface area contributed by atoms with Gasteiger partial charge in [0.1, 0.15) is 5.56 Å². The molecule has 2 atom stereocenters. The van der Waals surface area contributed by atoms with Crippen LogP contribution in [0.25, 0.3) is 0 Å². The molecule has 0 bridgehead atoms. The quantitative estimate of drug-likeness (QED) is 0.871. The Morgan fingerprint density at radius 1 is 1.58 bits per heavy atom. The number of hydrogen-bond donors (Lipinski definition) is 2. The third-order valence-electron chi connectivity index (χ3n) is 3.72. The molecule has 2 unspecified atom stereocenters. The molecule has 0 radical (unpaired) electrons. The van der Waals surface area contributed by atoms with Crippen LogP contribution < -0.4 is 5.32 Å². The summed E-state index contributed by atoms with van der Waals surface area (Å²) < 4.78 is 0. The van der Waals surface area contributed by atoms with Crippen molar-refractivity contribution in [2.75, 3.05) is 25.5 Å². The first-order valence-corrected chi connectivity index (χ1v) is 6.62. The lowest BCUT2D eigenvalue weighted by atomic mass is 9.93. The van der Waals surface area contributed by atoms with Gasteiger partial charge in [0.25, 0.3) is 0 Å². The molecule has 1 saturated heterocycles. The second-order valence-electron chi connectivity index (χ2n) is 5.46. The number of aromatic carboxylic acids is 1. The number of carbonyl (C=O) groups is 1. The molecular weight excluding hydrogens is 242 g/mol. The Balaban J connectivity index is 2.18. The highest BCUT2D eigenvalue weighted by Gasteiger charge is 2.25. The summed E-state index contributed by atoms with van der Waals surface area (Å²) in [6.07, 6.45) is 2.46. The number of anilines is 1. The molecule has 104 valence electrons. The molecule has 2 heterocycles. The van der Waals surface area contributed by atoms with Crippen LogP contribution in [0.5, 0.6) is 0 Å². The maximum atomic E-state index is 11.2. The molecule has 2 N–H and O–H groups in total. The van der Waals surface area contributed by atoms with Gasteiger partial charge in [0.15, 0.2) is 0 Å². The Hall–Kier alpha value is -1.62. The van der Waals surface area contributed by atoms with Gasteiger partial charge >= 0.3 is 5.97 Å². The first kappa shape index (κ1) is 13.8. The molecule has 19 heavy (non-hydrogen) atoms. The molecule has 2 rings (SSSR count). The van der Waals surface area contributed by atoms with Crippen LogP contribution in [0.15, 0.2) is 12.3 Å². The van der Waals surface area contributed by atoms with Gasteiger partial charge in [-0.3, -0.25) is 4.98 Å². The lowest BCUT2D eigenvalue weighted by molar-refractivity contribution is 0.0697. The highest BCUT2D eigenvalue weighted by atomic mass is 16.4. The van der Waals surface area contributed by atoms with Crippen molar-refractivity contribution in [3.05, 3.63) is 23.5 Å². The lowest BCUT2D eigenvalue weighted by Gasteiger charge is -2.36. The van der Waals surface area contributed by atoms with Gasteiger partial charge in [-0.25, -0.2) is 4.79 Å². The monoisotopic (exact) mass is 263 g/mol. The second kappa shape index (κ2) is 5.57. The number of nitrogens with one attached hydrogen (secondary N) is 1. The summed E-state index contributed by atoms with van der Waals surface area (Å²) in [4.78, 5) is 17.6. The van der Waals surface area contributed by atoms with Crippen LogP contribution in [-0.4, -0.2) is 47.1 Å². The van der Waals surface area contributed by atoms with Gasteiger partial charge in [0.2, 0.25) is 0 Å². The minimum Gasteiger partial charge on any atom is -0.478 e. The fourth-order valence-electron chi connectivity index (χ4n) is 2.62. The van der Waals surface area contributed by atoms with Crippen LogP contribution in [0.2, 0.25) is 0 Å². The summed E-state index contributed by atoms with van der Waals surface area (Å²) in [6.45, 7) is 6.13. The van der Waals surface area contributed by atoms with E-state index in [1.807, 2.05) is 13.0 Å². The Morgan fingerprint density at radius 3 is 2.95 bits per heavy atom. The highest BCUT2D eigenvalue weighted by molar-refractivity contribution is 5.93. The number of hydrogen-bond acceptors (Lipinski definition) is 4. The summed E-state index contributed by atoms with van der Waals surface area (Å²) in [6, 6.07) is 2.13. The third kappa shape index (κ3) is 3.23. The van der Waals surface area contributed by atoms with E-state index >= 15 is 0 Å². The van der Waals surface area contributed by atoms with Gasteiger partial charge < -0.3 is 15.3 Å². The van der Waals surface area contributed by atoms with E-state index in [0.29, 0.717) is 17.6 Å². The largest absolute Gasteiger partial charge is 0.478 e. The summed E-state index contributed by atoms with van der Waals surface area (Å²) in [7, 11) is 2.12. The van der Waals surface area contributed by atoms with Gasteiger partial charge in [-0.1, -0.05) is 6.92 Å². The van der Waals surface area contributed by atoms with E-state index in [9.17, 15) is 9.90 Å². The number of carboxylic acids is 1. The molecular formula is C14H21N3O2. The van der Waals surface area contributed by atoms with E-state index in [2.05, 4.69) is 29.2 Å². The zero-order valence-corrected chi connectivity index (χ0v) is 11.7. The normalized spacial score (nSPS) is 24.2. The number of piperidine rings is 1. The van der Waals surface area contributed by atoms with Crippen molar-refractivity contribution >= 4 is 11.7 Å². The summed E-state index contributed by atoms with van der Waals surface area (Å²) in [5.74, 6) is -0.440. The van der Waals surface area contributed by atoms with Gasteiger partial charge in [0, 0.05) is 24.5 Å². The second-order valence-corrected chi connectivity index (χ2v) is 5.46. The maximum Gasteiger partial charge on any atom is 0.339 e. The fourth-order valence-corrected chi connectivity index (χ4v) is 2.62. The average molecular weight is 263 g/mol. The Kier molecular flexibility index (Phi) is 4.04. The Bertz CT molecular complexity index is 476. The fraction of sp³-hybridized carbons (Fsp3) is 0.571. The highest BCUT2D eigenvalue weighted by Crippen LogP contribution is 2.23. The minimum absolute atomic E-state index is 0.247. The number of aryl methyl sites for hydroxylation is 1. The van der Waals surface area contributed by atoms with Gasteiger partial charge in [-0.15, -0.1) is 0 Å². The van der Waals surface area contributed by atoms with E-state index in [4.69, 9.17) is 0 Å². The van der Waals surface area contributed by atoms with Crippen LogP contribution >= 0.6 is 0 Å². The van der Waals surface area contributed by atoms with E-state index in [1.165, 1.54) is 6.20 Å². The molecule has 1 aromatic heterocycles. The average Bonchev–Trinajstić information content (AvgIpc) is 2.32. The molecule has 0 aliphatic carbocycles. The van der Waals surface area contributed by atoms with Gasteiger partial charge in [0.05, 0.1) is 5.69 Å². The number of nitrogens with zero attached hydrogens (tertiary/aromatic N) is 2. The summed E-state index contributed by atoms with van der Waals surface area (Å²) >= 11 is 0. The first-order valence-electron chi connectivity index (χ1n) is 6.62. The molecule has 1 aliphatic heterocycles. The van der Waals surface area contributed by atoms with E-state index in [0.717, 1.165) is 25.2 Å². The Labute approximate surface area is 113 Å². The number of likely N-dealkylation sites (tertiary alicyclic amines) is 1. The topological polar surface area (TPSA) is 65.5 Å². The van der Waals surface area contributed by atoms with Crippen molar-refractivity contribution in [3.63, 3.8) is 0 Å². The van der Waals surface area contributed by atoms with Crippen LogP contribution in [0, 0.1) is 12.8 Å². The van der Waals surface area contributed by atoms with Crippen LogP contribution in [0.4, 0.5) is 5.69 Å². The molecule has 0 spiro atoms. The van der Waals surface area contributed by atoms with Crippen LogP contribution in [0.1, 0.15) is 29.4 Å². The van der Waals surface area contributed by atoms with E-state index in [1.54, 1.807) is 0 Å². The zero-order valence-electron chi connectivity index (χ0n) is 11.7. The third-order valence-corrected chi connectivity index (χ3v) is 3.72. The van der Waals surface area contributed by atoms with Crippen molar-refractivity contribution in [1.29, 1.82) is 0 Å². The van der Waals surface area contributed by atoms with Crippen molar-refractivity contribution in [3.8, 4) is 0 Å². The molecule has 0 saturated carbocycles. The molecule has 1 aromatic rings. The minimum atomic E-state index is -0.935. The SMILES string of the molecule is Cc1cc(NC2CCN(C)CC2C)c(C(=O)O)cn1. The summed E-state index contributed by atoms with van der Waals surface area (Å²) in [5, 5.41) is 12.6. The van der Waals surface area contributed by atoms with Crippen LogP contribution in [-0.2, 0) is 0 Å². The molecule has 5 heteroatoms. The van der Waals surface area contributed by atoms with E-state index in [-0.39, 0.29) is 5.56 Å². The predicted molar refractivity (Wildman–Crippen MR) is 74.6 cm³/mol. The molecule has 1 aliphatic rings. The number of carboxylic acid groups (broad SMARTS) is 1. The van der Waals surface area contributed by atoms with Gasteiger partial charge in [-0.2, -0.15) is 0 Å². The lowest BCUT2D eigenvalue weighted by Crippen LogP contribution is -2.43. The molecule has 0 amide bonds. The summed E-state index contributed by atoms with van der Waals surface area (Å²) in [5.41, 5.74) is 1.76. The maximum absolute atomic E-state index is 11.2. The van der Waals surface area contributed by atoms with E-state index < -0.39 is 5.97 Å². The first-order chi connectivity index (χ1) is 8.97. The number of pyridine rings is 1. The van der Waals surface area contributed by atoms with Crippen molar-refractivity contribution in [2.45, 2.75) is 26.3 Å². The standard InChI is InChI=1S/C14H21N3O2/c1-9-8-17(3)5-4-12(9)16-13-6-10(2)15-7-11(13)14(18)19/h6-7,9,12H,4-5,8H2,1-3H3,(H,15,16)(H,18,19). The Morgan fingerprint density at radius 2 is 2.32 bits per heavy atom. The van der Waals surface area contributed by atoms with Gasteiger partial charge in [-0.05, 0) is 38.9 Å². The predicted octanol–water partition coefficient (Wildman–Crippen LogP) is 1.84. The smallest absolute Gasteiger partial charge is 0.339 e. The molecule has 5 nitrogen and oxygen atoms in total. The number of rotatable bonds is 3. The molecule has 0 aromatic carbocycles. The number of aromatic nitrogens is 1. The zero-order chi connectivity index (χ0) is 14.0. The van der Waals surface area contributed by atoms with Crippen molar-refractivity contribution < 1.29 is 9.90 Å². The van der Waals surface area contributed by atoms with Crippen LogP contribution in [0.3, 0.4) is 0 Å². The van der Waals surface area contributed by atoms with Crippen molar-refractivity contribution in [2.24, 2.45) is 5.92 Å². The molecule has 1 fully saturated rings.